The molecule has 0 aliphatic carbocycles. The molecule has 0 fully saturated rings. The lowest BCUT2D eigenvalue weighted by atomic mass is 10.2. The monoisotopic (exact) mass is 194 g/mol. The van der Waals surface area contributed by atoms with E-state index in [0.29, 0.717) is 11.5 Å². The number of aryl methyl sites for hydroxylation is 1. The van der Waals surface area contributed by atoms with Crippen LogP contribution in [-0.4, -0.2) is 30.2 Å². The van der Waals surface area contributed by atoms with Gasteiger partial charge in [-0.2, -0.15) is 20.5 Å². The lowest BCUT2D eigenvalue weighted by molar-refractivity contribution is 0.549. The molecule has 4 N–H and O–H groups in total. The Bertz CT molecular complexity index is 390. The van der Waals surface area contributed by atoms with Crippen molar-refractivity contribution in [1.82, 2.24) is 35.6 Å². The highest BCUT2D eigenvalue weighted by Gasteiger charge is 2.19. The van der Waals surface area contributed by atoms with Gasteiger partial charge in [-0.15, -0.1) is 0 Å². The minimum atomic E-state index is -0.304. The van der Waals surface area contributed by atoms with Crippen LogP contribution in [0.5, 0.6) is 0 Å². The molecule has 74 valence electrons. The number of aromatic nitrogens is 6. The molecule has 0 spiro atoms. The summed E-state index contributed by atoms with van der Waals surface area (Å²) in [6.07, 6.45) is 3.04. The highest BCUT2D eigenvalue weighted by molar-refractivity contribution is 5.11. The fourth-order valence-electron chi connectivity index (χ4n) is 1.21. The summed E-state index contributed by atoms with van der Waals surface area (Å²) < 4.78 is 1.62. The highest BCUT2D eigenvalue weighted by Crippen LogP contribution is 2.14. The molecule has 14 heavy (non-hydrogen) atoms. The summed E-state index contributed by atoms with van der Waals surface area (Å²) in [5.41, 5.74) is 3.27. The molecule has 0 saturated carbocycles. The Kier molecular flexibility index (Phi) is 2.21. The van der Waals surface area contributed by atoms with Gasteiger partial charge in [-0.3, -0.25) is 10.5 Å². The Hall–Kier alpha value is -1.80. The largest absolute Gasteiger partial charge is 0.270 e. The van der Waals surface area contributed by atoms with Crippen molar-refractivity contribution in [2.24, 2.45) is 12.9 Å². The van der Waals surface area contributed by atoms with E-state index >= 15 is 0 Å². The van der Waals surface area contributed by atoms with E-state index < -0.39 is 0 Å². The zero-order valence-electron chi connectivity index (χ0n) is 7.55. The first kappa shape index (κ1) is 8.78. The summed E-state index contributed by atoms with van der Waals surface area (Å²) in [5.74, 6) is 6.09. The van der Waals surface area contributed by atoms with Gasteiger partial charge in [0.05, 0.1) is 6.20 Å². The van der Waals surface area contributed by atoms with Gasteiger partial charge in [0.25, 0.3) is 0 Å². The number of rotatable bonds is 3. The lowest BCUT2D eigenvalue weighted by Crippen LogP contribution is -2.31. The molecule has 0 saturated heterocycles. The molecular formula is C6H10N8. The molecule has 8 heteroatoms. The number of H-pyrrole nitrogens is 1. The van der Waals surface area contributed by atoms with E-state index in [-0.39, 0.29) is 6.04 Å². The molecule has 0 aliphatic rings. The van der Waals surface area contributed by atoms with Gasteiger partial charge in [-0.05, 0) is 0 Å². The van der Waals surface area contributed by atoms with Crippen molar-refractivity contribution in [2.45, 2.75) is 6.04 Å². The molecule has 0 bridgehead atoms. The minimum absolute atomic E-state index is 0.304. The maximum atomic E-state index is 5.41. The molecular weight excluding hydrogens is 184 g/mol. The standard InChI is InChI=1S/C6H10N8/c1-14-6(8-3-10-14)5(11-7)4-2-9-13-12-4/h2-3,5,11H,7H2,1H3,(H,9,12,13). The van der Waals surface area contributed by atoms with E-state index in [9.17, 15) is 0 Å². The molecule has 8 nitrogen and oxygen atoms in total. The maximum Gasteiger partial charge on any atom is 0.151 e. The number of nitrogens with two attached hydrogens (primary N) is 1. The third kappa shape index (κ3) is 1.36. The first-order chi connectivity index (χ1) is 6.83. The van der Waals surface area contributed by atoms with Crippen LogP contribution in [0.4, 0.5) is 0 Å². The Balaban J connectivity index is 2.36. The number of nitrogens with one attached hydrogen (secondary N) is 2. The minimum Gasteiger partial charge on any atom is -0.270 e. The Morgan fingerprint density at radius 3 is 3.00 bits per heavy atom. The van der Waals surface area contributed by atoms with Crippen molar-refractivity contribution >= 4 is 0 Å². The van der Waals surface area contributed by atoms with Crippen LogP contribution in [0.15, 0.2) is 12.5 Å². The van der Waals surface area contributed by atoms with Gasteiger partial charge in [-0.1, -0.05) is 0 Å². The van der Waals surface area contributed by atoms with Crippen LogP contribution in [0.2, 0.25) is 0 Å². The number of nitrogens with zero attached hydrogens (tertiary/aromatic N) is 5. The second-order valence-corrected chi connectivity index (χ2v) is 2.74. The van der Waals surface area contributed by atoms with E-state index in [1.807, 2.05) is 0 Å². The van der Waals surface area contributed by atoms with Crippen LogP contribution in [0.25, 0.3) is 0 Å². The second kappa shape index (κ2) is 3.52. The molecule has 2 rings (SSSR count). The lowest BCUT2D eigenvalue weighted by Gasteiger charge is -2.10. The van der Waals surface area contributed by atoms with Crippen LogP contribution < -0.4 is 11.3 Å². The average Bonchev–Trinajstić information content (AvgIpc) is 2.80. The number of hydrazine groups is 1. The third-order valence-electron chi connectivity index (χ3n) is 1.90. The first-order valence-corrected chi connectivity index (χ1v) is 3.98. The zero-order chi connectivity index (χ0) is 9.97. The highest BCUT2D eigenvalue weighted by atomic mass is 15.4. The first-order valence-electron chi connectivity index (χ1n) is 3.98. The topological polar surface area (TPSA) is 110 Å². The SMILES string of the molecule is Cn1ncnc1C(NN)c1cn[nH]n1. The van der Waals surface area contributed by atoms with E-state index in [1.165, 1.54) is 6.33 Å². The summed E-state index contributed by atoms with van der Waals surface area (Å²) in [5, 5.41) is 14.1. The average molecular weight is 194 g/mol. The number of hydrogen-bond donors (Lipinski definition) is 3. The summed E-state index contributed by atoms with van der Waals surface area (Å²) in [7, 11) is 1.78. The van der Waals surface area contributed by atoms with Gasteiger partial charge in [0.2, 0.25) is 0 Å². The van der Waals surface area contributed by atoms with Crippen molar-refractivity contribution in [3.05, 3.63) is 24.0 Å². The Labute approximate surface area is 79.5 Å². The van der Waals surface area contributed by atoms with Gasteiger partial charge in [0.1, 0.15) is 18.1 Å². The number of hydrogen-bond acceptors (Lipinski definition) is 6. The summed E-state index contributed by atoms with van der Waals surface area (Å²) in [4.78, 5) is 4.07. The van der Waals surface area contributed by atoms with Gasteiger partial charge < -0.3 is 0 Å². The van der Waals surface area contributed by atoms with Crippen LogP contribution in [0, 0.1) is 0 Å². The van der Waals surface area contributed by atoms with E-state index in [2.05, 4.69) is 30.9 Å². The molecule has 2 heterocycles. The van der Waals surface area contributed by atoms with Crippen molar-refractivity contribution in [2.75, 3.05) is 0 Å². The molecule has 2 aromatic rings. The van der Waals surface area contributed by atoms with Gasteiger partial charge in [0.15, 0.2) is 5.82 Å². The van der Waals surface area contributed by atoms with Crippen molar-refractivity contribution in [1.29, 1.82) is 0 Å². The smallest absolute Gasteiger partial charge is 0.151 e. The summed E-state index contributed by atoms with van der Waals surface area (Å²) in [6, 6.07) is -0.304. The van der Waals surface area contributed by atoms with Crippen LogP contribution in [-0.2, 0) is 7.05 Å². The molecule has 0 amide bonds. The van der Waals surface area contributed by atoms with Crippen LogP contribution in [0.1, 0.15) is 17.6 Å². The third-order valence-corrected chi connectivity index (χ3v) is 1.90. The summed E-state index contributed by atoms with van der Waals surface area (Å²) >= 11 is 0. The molecule has 0 aliphatic heterocycles. The zero-order valence-corrected chi connectivity index (χ0v) is 7.55. The van der Waals surface area contributed by atoms with Gasteiger partial charge in [-0.25, -0.2) is 10.4 Å². The fourth-order valence-corrected chi connectivity index (χ4v) is 1.21. The summed E-state index contributed by atoms with van der Waals surface area (Å²) in [6.45, 7) is 0. The molecule has 0 radical (unpaired) electrons. The van der Waals surface area contributed by atoms with Crippen molar-refractivity contribution < 1.29 is 0 Å². The Morgan fingerprint density at radius 1 is 1.64 bits per heavy atom. The van der Waals surface area contributed by atoms with Crippen molar-refractivity contribution in [3.63, 3.8) is 0 Å². The normalized spacial score (nSPS) is 13.0. The predicted octanol–water partition coefficient (Wildman–Crippen LogP) is -1.51. The fraction of sp³-hybridized carbons (Fsp3) is 0.333. The van der Waals surface area contributed by atoms with Gasteiger partial charge >= 0.3 is 0 Å². The van der Waals surface area contributed by atoms with E-state index in [4.69, 9.17) is 5.84 Å². The van der Waals surface area contributed by atoms with Crippen molar-refractivity contribution in [3.8, 4) is 0 Å². The molecule has 1 atom stereocenters. The van der Waals surface area contributed by atoms with Crippen LogP contribution in [0.3, 0.4) is 0 Å². The van der Waals surface area contributed by atoms with E-state index in [1.54, 1.807) is 17.9 Å². The van der Waals surface area contributed by atoms with Crippen LogP contribution >= 0.6 is 0 Å². The second-order valence-electron chi connectivity index (χ2n) is 2.74. The molecule has 1 unspecified atom stereocenters. The Morgan fingerprint density at radius 2 is 2.50 bits per heavy atom. The van der Waals surface area contributed by atoms with E-state index in [0.717, 1.165) is 0 Å². The van der Waals surface area contributed by atoms with Gasteiger partial charge in [0, 0.05) is 7.05 Å². The molecule has 2 aromatic heterocycles. The maximum absolute atomic E-state index is 5.41. The number of aromatic amines is 1. The quantitative estimate of drug-likeness (QED) is 0.404. The predicted molar refractivity (Wildman–Crippen MR) is 46.6 cm³/mol. The molecule has 0 aromatic carbocycles.